The van der Waals surface area contributed by atoms with E-state index in [1.165, 1.54) is 4.31 Å². The van der Waals surface area contributed by atoms with Crippen LogP contribution in [0.2, 0.25) is 0 Å². The van der Waals surface area contributed by atoms with Crippen molar-refractivity contribution < 1.29 is 18.0 Å². The van der Waals surface area contributed by atoms with E-state index in [2.05, 4.69) is 5.32 Å². The van der Waals surface area contributed by atoms with Gasteiger partial charge in [0.2, 0.25) is 21.8 Å². The lowest BCUT2D eigenvalue weighted by Gasteiger charge is -2.33. The molecule has 22 heavy (non-hydrogen) atoms. The summed E-state index contributed by atoms with van der Waals surface area (Å²) in [7, 11) is -3.21. The molecular formula is C12H25ClN4O4S. The Hall–Kier alpha value is -0.900. The number of carbonyl (C=O) groups excluding carboxylic acids is 2. The van der Waals surface area contributed by atoms with Crippen molar-refractivity contribution in [2.24, 2.45) is 11.7 Å². The third kappa shape index (κ3) is 6.07. The number of amides is 2. The van der Waals surface area contributed by atoms with E-state index in [0.717, 1.165) is 6.26 Å². The minimum Gasteiger partial charge on any atom is -0.346 e. The largest absolute Gasteiger partial charge is 0.346 e. The van der Waals surface area contributed by atoms with Gasteiger partial charge in [0, 0.05) is 26.2 Å². The van der Waals surface area contributed by atoms with Gasteiger partial charge in [-0.25, -0.2) is 8.42 Å². The van der Waals surface area contributed by atoms with Gasteiger partial charge < -0.3 is 16.0 Å². The summed E-state index contributed by atoms with van der Waals surface area (Å²) in [6.45, 7) is 4.77. The molecule has 0 aromatic carbocycles. The molecule has 0 spiro atoms. The molecule has 1 aliphatic heterocycles. The average molecular weight is 357 g/mol. The van der Waals surface area contributed by atoms with Crippen LogP contribution in [0.3, 0.4) is 0 Å². The molecule has 0 unspecified atom stereocenters. The highest BCUT2D eigenvalue weighted by molar-refractivity contribution is 7.88. The van der Waals surface area contributed by atoms with E-state index in [1.807, 2.05) is 13.8 Å². The van der Waals surface area contributed by atoms with Crippen LogP contribution >= 0.6 is 12.4 Å². The maximum absolute atomic E-state index is 12.0. The normalized spacial score (nSPS) is 17.8. The Balaban J connectivity index is 0.00000441. The number of nitrogens with two attached hydrogens (primary N) is 1. The summed E-state index contributed by atoms with van der Waals surface area (Å²) < 4.78 is 24.1. The molecule has 1 atom stereocenters. The molecule has 3 N–H and O–H groups in total. The van der Waals surface area contributed by atoms with E-state index in [0.29, 0.717) is 13.1 Å². The molecule has 0 aromatic heterocycles. The Kier molecular flexibility index (Phi) is 8.30. The second kappa shape index (κ2) is 8.66. The highest BCUT2D eigenvalue weighted by Crippen LogP contribution is 2.06. The minimum absolute atomic E-state index is 0. The van der Waals surface area contributed by atoms with Crippen LogP contribution in [0, 0.1) is 5.92 Å². The minimum atomic E-state index is -3.21. The number of hydrogen-bond donors (Lipinski definition) is 2. The summed E-state index contributed by atoms with van der Waals surface area (Å²) in [5.74, 6) is -0.584. The van der Waals surface area contributed by atoms with E-state index in [9.17, 15) is 18.0 Å². The van der Waals surface area contributed by atoms with Gasteiger partial charge in [0.05, 0.1) is 18.8 Å². The van der Waals surface area contributed by atoms with Crippen LogP contribution in [0.15, 0.2) is 0 Å². The molecule has 10 heteroatoms. The fourth-order valence-electron chi connectivity index (χ4n) is 1.96. The van der Waals surface area contributed by atoms with Crippen LogP contribution in [0.4, 0.5) is 0 Å². The number of halogens is 1. The van der Waals surface area contributed by atoms with Crippen LogP contribution in [0.25, 0.3) is 0 Å². The molecule has 1 rings (SSSR count). The molecule has 8 nitrogen and oxygen atoms in total. The molecule has 0 bridgehead atoms. The van der Waals surface area contributed by atoms with Gasteiger partial charge in [0.25, 0.3) is 0 Å². The van der Waals surface area contributed by atoms with Crippen molar-refractivity contribution in [3.63, 3.8) is 0 Å². The summed E-state index contributed by atoms with van der Waals surface area (Å²) in [6.07, 6.45) is 1.15. The summed E-state index contributed by atoms with van der Waals surface area (Å²) in [4.78, 5) is 25.2. The van der Waals surface area contributed by atoms with Gasteiger partial charge >= 0.3 is 0 Å². The van der Waals surface area contributed by atoms with Crippen LogP contribution < -0.4 is 11.1 Å². The maximum atomic E-state index is 12.0. The SMILES string of the molecule is CC(C)[C@H](N)C(=O)NCC(=O)N1CCN(S(C)(=O)=O)CC1.Cl. The summed E-state index contributed by atoms with van der Waals surface area (Å²) in [5, 5.41) is 2.52. The molecular weight excluding hydrogens is 332 g/mol. The highest BCUT2D eigenvalue weighted by Gasteiger charge is 2.26. The number of hydrogen-bond acceptors (Lipinski definition) is 5. The van der Waals surface area contributed by atoms with Gasteiger partial charge in [0.15, 0.2) is 0 Å². The standard InChI is InChI=1S/C12H24N4O4S.ClH/c1-9(2)11(13)12(18)14-8-10(17)15-4-6-16(7-5-15)21(3,19)20;/h9,11H,4-8,13H2,1-3H3,(H,14,18);1H/t11-;/m0./s1. The Morgan fingerprint density at radius 3 is 2.09 bits per heavy atom. The maximum Gasteiger partial charge on any atom is 0.242 e. The first-order valence-corrected chi connectivity index (χ1v) is 8.74. The van der Waals surface area contributed by atoms with Crippen molar-refractivity contribution in [2.75, 3.05) is 39.0 Å². The van der Waals surface area contributed by atoms with E-state index >= 15 is 0 Å². The first-order valence-electron chi connectivity index (χ1n) is 6.89. The molecule has 1 heterocycles. The smallest absolute Gasteiger partial charge is 0.242 e. The summed E-state index contributed by atoms with van der Waals surface area (Å²) >= 11 is 0. The number of sulfonamides is 1. The zero-order chi connectivity index (χ0) is 16.2. The van der Waals surface area contributed by atoms with Gasteiger partial charge in [-0.1, -0.05) is 13.8 Å². The number of piperazine rings is 1. The summed E-state index contributed by atoms with van der Waals surface area (Å²) in [5.41, 5.74) is 5.68. The lowest BCUT2D eigenvalue weighted by Crippen LogP contribution is -2.53. The van der Waals surface area contributed by atoms with Crippen molar-refractivity contribution >= 4 is 34.2 Å². The fourth-order valence-corrected chi connectivity index (χ4v) is 2.79. The van der Waals surface area contributed by atoms with E-state index < -0.39 is 16.1 Å². The molecule has 2 amide bonds. The van der Waals surface area contributed by atoms with E-state index in [-0.39, 0.29) is 49.8 Å². The zero-order valence-electron chi connectivity index (χ0n) is 13.1. The van der Waals surface area contributed by atoms with Crippen LogP contribution in [0.1, 0.15) is 13.8 Å². The van der Waals surface area contributed by atoms with E-state index in [1.54, 1.807) is 4.90 Å². The number of nitrogens with zero attached hydrogens (tertiary/aromatic N) is 2. The number of carbonyl (C=O) groups is 2. The fraction of sp³-hybridized carbons (Fsp3) is 0.833. The topological polar surface area (TPSA) is 113 Å². The molecule has 0 aromatic rings. The second-order valence-electron chi connectivity index (χ2n) is 5.53. The van der Waals surface area contributed by atoms with Gasteiger partial charge in [0.1, 0.15) is 0 Å². The Bertz CT molecular complexity index is 489. The second-order valence-corrected chi connectivity index (χ2v) is 7.51. The van der Waals surface area contributed by atoms with Gasteiger partial charge in [-0.05, 0) is 5.92 Å². The Morgan fingerprint density at radius 2 is 1.68 bits per heavy atom. The van der Waals surface area contributed by atoms with Crippen LogP contribution in [-0.2, 0) is 19.6 Å². The van der Waals surface area contributed by atoms with Gasteiger partial charge in [-0.15, -0.1) is 12.4 Å². The van der Waals surface area contributed by atoms with Crippen molar-refractivity contribution in [1.29, 1.82) is 0 Å². The predicted octanol–water partition coefficient (Wildman–Crippen LogP) is -1.39. The van der Waals surface area contributed by atoms with Crippen molar-refractivity contribution in [3.05, 3.63) is 0 Å². The quantitative estimate of drug-likeness (QED) is 0.629. The first kappa shape index (κ1) is 21.1. The van der Waals surface area contributed by atoms with Crippen LogP contribution in [-0.4, -0.2) is 74.5 Å². The lowest BCUT2D eigenvalue weighted by molar-refractivity contribution is -0.134. The lowest BCUT2D eigenvalue weighted by atomic mass is 10.1. The van der Waals surface area contributed by atoms with Gasteiger partial charge in [-0.3, -0.25) is 9.59 Å². The third-order valence-corrected chi connectivity index (χ3v) is 4.80. The number of nitrogens with one attached hydrogen (secondary N) is 1. The molecule has 0 radical (unpaired) electrons. The Labute approximate surface area is 137 Å². The molecule has 0 saturated carbocycles. The van der Waals surface area contributed by atoms with Gasteiger partial charge in [-0.2, -0.15) is 4.31 Å². The monoisotopic (exact) mass is 356 g/mol. The van der Waals surface area contributed by atoms with E-state index in [4.69, 9.17) is 5.73 Å². The zero-order valence-corrected chi connectivity index (χ0v) is 14.7. The summed E-state index contributed by atoms with van der Waals surface area (Å²) in [6, 6.07) is -0.639. The Morgan fingerprint density at radius 1 is 1.18 bits per heavy atom. The molecule has 1 aliphatic rings. The van der Waals surface area contributed by atoms with Crippen molar-refractivity contribution in [2.45, 2.75) is 19.9 Å². The molecule has 1 saturated heterocycles. The van der Waals surface area contributed by atoms with Crippen molar-refractivity contribution in [1.82, 2.24) is 14.5 Å². The first-order chi connectivity index (χ1) is 9.62. The number of rotatable bonds is 5. The van der Waals surface area contributed by atoms with Crippen LogP contribution in [0.5, 0.6) is 0 Å². The molecule has 0 aliphatic carbocycles. The van der Waals surface area contributed by atoms with Crippen molar-refractivity contribution in [3.8, 4) is 0 Å². The molecule has 130 valence electrons. The highest BCUT2D eigenvalue weighted by atomic mass is 35.5. The average Bonchev–Trinajstić information content (AvgIpc) is 2.42. The molecule has 1 fully saturated rings. The predicted molar refractivity (Wildman–Crippen MR) is 86.1 cm³/mol. The third-order valence-electron chi connectivity index (χ3n) is 3.50.